The summed E-state index contributed by atoms with van der Waals surface area (Å²) >= 11 is 0. The summed E-state index contributed by atoms with van der Waals surface area (Å²) in [7, 11) is 0. The van der Waals surface area contributed by atoms with Gasteiger partial charge in [0.1, 0.15) is 11.9 Å². The summed E-state index contributed by atoms with van der Waals surface area (Å²) in [5.41, 5.74) is -1.58. The van der Waals surface area contributed by atoms with Gasteiger partial charge in [-0.25, -0.2) is 4.79 Å². The molecule has 0 amide bonds. The topological polar surface area (TPSA) is 63.6 Å². The van der Waals surface area contributed by atoms with Gasteiger partial charge in [0.05, 0.1) is 5.60 Å². The van der Waals surface area contributed by atoms with E-state index in [1.54, 1.807) is 0 Å². The largest absolute Gasteiger partial charge is 0.458 e. The van der Waals surface area contributed by atoms with Crippen LogP contribution in [0.25, 0.3) is 0 Å². The van der Waals surface area contributed by atoms with E-state index in [2.05, 4.69) is 39.5 Å². The number of Topliss-reactive ketones (excluding diaryl/α,β-unsaturated/α-hetero) is 1. The Balaban J connectivity index is 1.56. The number of hydrogen-bond donors (Lipinski definition) is 1. The Morgan fingerprint density at radius 1 is 1.24 bits per heavy atom. The zero-order chi connectivity index (χ0) is 20.8. The van der Waals surface area contributed by atoms with Gasteiger partial charge < -0.3 is 9.84 Å². The van der Waals surface area contributed by atoms with Crippen molar-refractivity contribution in [3.05, 3.63) is 24.3 Å². The van der Waals surface area contributed by atoms with E-state index in [9.17, 15) is 14.7 Å². The number of ether oxygens (including phenoxy) is 1. The van der Waals surface area contributed by atoms with Gasteiger partial charge in [0.25, 0.3) is 0 Å². The first-order valence-corrected chi connectivity index (χ1v) is 11.3. The van der Waals surface area contributed by atoms with Crippen molar-refractivity contribution in [1.82, 2.24) is 0 Å². The Kier molecular flexibility index (Phi) is 3.00. The zero-order valence-corrected chi connectivity index (χ0v) is 18.0. The van der Waals surface area contributed by atoms with Crippen LogP contribution in [0.1, 0.15) is 59.8 Å². The van der Waals surface area contributed by atoms with Crippen molar-refractivity contribution in [2.75, 3.05) is 0 Å². The maximum atomic E-state index is 13.8. The van der Waals surface area contributed by atoms with Crippen molar-refractivity contribution >= 4 is 11.8 Å². The lowest BCUT2D eigenvalue weighted by Crippen LogP contribution is -2.49. The molecule has 4 heteroatoms. The molecule has 0 radical (unpaired) electrons. The molecule has 5 fully saturated rings. The Morgan fingerprint density at radius 2 is 1.97 bits per heavy atom. The molecule has 1 aliphatic heterocycles. The number of rotatable bonds is 1. The first-order valence-electron chi connectivity index (χ1n) is 11.3. The number of allylic oxidation sites excluding steroid dienone is 1. The molecule has 1 N–H and O–H groups in total. The van der Waals surface area contributed by atoms with Gasteiger partial charge in [-0.15, -0.1) is 0 Å². The molecule has 2 bridgehead atoms. The SMILES string of the molecule is C=C1C(=O)OC2C1CCC(C)(O)C13C=CC(C)(C21)C1(C3)C(=O)CC2(C(C)C)CC21. The van der Waals surface area contributed by atoms with Crippen LogP contribution in [0.4, 0.5) is 0 Å². The van der Waals surface area contributed by atoms with Crippen LogP contribution in [0.5, 0.6) is 0 Å². The van der Waals surface area contributed by atoms with Gasteiger partial charge in [-0.05, 0) is 49.9 Å². The third kappa shape index (κ3) is 1.62. The molecule has 1 heterocycles. The third-order valence-electron chi connectivity index (χ3n) is 10.9. The normalized spacial score (nSPS) is 59.2. The first-order chi connectivity index (χ1) is 13.5. The van der Waals surface area contributed by atoms with Crippen LogP contribution in [0, 0.1) is 45.3 Å². The molecule has 29 heavy (non-hydrogen) atoms. The number of aliphatic hydroxyl groups is 1. The van der Waals surface area contributed by atoms with Gasteiger partial charge in [0.15, 0.2) is 0 Å². The number of carbonyl (C=O) groups excluding carboxylic acids is 2. The number of fused-ring (bicyclic) bond motifs is 4. The predicted molar refractivity (Wildman–Crippen MR) is 108 cm³/mol. The standard InChI is InChI=1S/C25H32O4/c1-13(2)23-10-16(23)25(17(26)11-23)12-24-9-8-21(25,4)19(24)18-15(6-7-22(24,5)28)14(3)20(27)29-18/h8-9,13,15-16,18-19,28H,3,6-7,10-12H2,1-2,4-5H3. The Morgan fingerprint density at radius 3 is 2.62 bits per heavy atom. The fourth-order valence-corrected chi connectivity index (χ4v) is 9.16. The molecule has 6 rings (SSSR count). The maximum Gasteiger partial charge on any atom is 0.334 e. The van der Waals surface area contributed by atoms with Crippen molar-refractivity contribution in [3.8, 4) is 0 Å². The molecule has 9 unspecified atom stereocenters. The molecule has 1 spiro atoms. The number of hydrogen-bond acceptors (Lipinski definition) is 4. The summed E-state index contributed by atoms with van der Waals surface area (Å²) in [6.45, 7) is 12.7. The molecule has 4 nitrogen and oxygen atoms in total. The minimum absolute atomic E-state index is 0.0548. The average molecular weight is 397 g/mol. The fourth-order valence-electron chi connectivity index (χ4n) is 9.16. The maximum absolute atomic E-state index is 13.8. The van der Waals surface area contributed by atoms with Crippen molar-refractivity contribution in [2.45, 2.75) is 71.5 Å². The summed E-state index contributed by atoms with van der Waals surface area (Å²) in [6.07, 6.45) is 7.95. The van der Waals surface area contributed by atoms with E-state index < -0.39 is 16.4 Å². The average Bonchev–Trinajstić information content (AvgIpc) is 3.02. The van der Waals surface area contributed by atoms with Crippen LogP contribution in [0.15, 0.2) is 24.3 Å². The van der Waals surface area contributed by atoms with E-state index in [-0.39, 0.29) is 34.7 Å². The van der Waals surface area contributed by atoms with E-state index >= 15 is 0 Å². The van der Waals surface area contributed by atoms with Gasteiger partial charge in [-0.3, -0.25) is 4.79 Å². The second-order valence-corrected chi connectivity index (χ2v) is 11.8. The summed E-state index contributed by atoms with van der Waals surface area (Å²) in [5, 5.41) is 11.8. The highest BCUT2D eigenvalue weighted by Crippen LogP contribution is 2.87. The van der Waals surface area contributed by atoms with Crippen LogP contribution in [0.2, 0.25) is 0 Å². The lowest BCUT2D eigenvalue weighted by atomic mass is 9.58. The van der Waals surface area contributed by atoms with Gasteiger partial charge in [0.2, 0.25) is 0 Å². The smallest absolute Gasteiger partial charge is 0.334 e. The van der Waals surface area contributed by atoms with Gasteiger partial charge >= 0.3 is 5.97 Å². The Hall–Kier alpha value is -1.42. The summed E-state index contributed by atoms with van der Waals surface area (Å²) in [6, 6.07) is 0. The third-order valence-corrected chi connectivity index (χ3v) is 10.9. The van der Waals surface area contributed by atoms with Gasteiger partial charge in [-0.2, -0.15) is 0 Å². The van der Waals surface area contributed by atoms with E-state index in [4.69, 9.17) is 4.74 Å². The van der Waals surface area contributed by atoms with Gasteiger partial charge in [0, 0.05) is 40.1 Å². The van der Waals surface area contributed by atoms with Crippen molar-refractivity contribution in [2.24, 2.45) is 45.3 Å². The van der Waals surface area contributed by atoms with Crippen LogP contribution >= 0.6 is 0 Å². The number of ketones is 1. The van der Waals surface area contributed by atoms with Crippen LogP contribution in [0.3, 0.4) is 0 Å². The fraction of sp³-hybridized carbons (Fsp3) is 0.760. The molecule has 0 aromatic carbocycles. The molecule has 0 aromatic rings. The Bertz CT molecular complexity index is 914. The highest BCUT2D eigenvalue weighted by Gasteiger charge is 2.86. The molecular weight excluding hydrogens is 364 g/mol. The molecule has 5 aliphatic carbocycles. The molecule has 6 aliphatic rings. The highest BCUT2D eigenvalue weighted by molar-refractivity contribution is 5.94. The van der Waals surface area contributed by atoms with Crippen LogP contribution < -0.4 is 0 Å². The summed E-state index contributed by atoms with van der Waals surface area (Å²) in [5.74, 6) is 0.852. The summed E-state index contributed by atoms with van der Waals surface area (Å²) in [4.78, 5) is 26.2. The number of esters is 1. The van der Waals surface area contributed by atoms with Crippen LogP contribution in [-0.4, -0.2) is 28.6 Å². The minimum Gasteiger partial charge on any atom is -0.458 e. The van der Waals surface area contributed by atoms with E-state index in [1.807, 2.05) is 6.92 Å². The molecule has 4 saturated carbocycles. The molecule has 156 valence electrons. The van der Waals surface area contributed by atoms with Gasteiger partial charge in [-0.1, -0.05) is 39.5 Å². The predicted octanol–water partition coefficient (Wildman–Crippen LogP) is 3.83. The first kappa shape index (κ1) is 18.4. The summed E-state index contributed by atoms with van der Waals surface area (Å²) < 4.78 is 5.96. The van der Waals surface area contributed by atoms with Crippen molar-refractivity contribution < 1.29 is 19.4 Å². The van der Waals surface area contributed by atoms with E-state index in [0.717, 1.165) is 6.42 Å². The lowest BCUT2D eigenvalue weighted by molar-refractivity contribution is -0.148. The number of carbonyl (C=O) groups is 2. The molecule has 9 atom stereocenters. The molecule has 1 saturated heterocycles. The lowest BCUT2D eigenvalue weighted by Gasteiger charge is -2.44. The minimum atomic E-state index is -0.926. The molecular formula is C25H32O4. The van der Waals surface area contributed by atoms with Crippen molar-refractivity contribution in [3.63, 3.8) is 0 Å². The quantitative estimate of drug-likeness (QED) is 0.416. The highest BCUT2D eigenvalue weighted by atomic mass is 16.6. The van der Waals surface area contributed by atoms with E-state index in [1.165, 1.54) is 0 Å². The van der Waals surface area contributed by atoms with E-state index in [0.29, 0.717) is 48.9 Å². The second kappa shape index (κ2) is 4.74. The second-order valence-electron chi connectivity index (χ2n) is 11.8. The zero-order valence-electron chi connectivity index (χ0n) is 18.0. The van der Waals surface area contributed by atoms with Crippen LogP contribution in [-0.2, 0) is 14.3 Å². The van der Waals surface area contributed by atoms with Crippen molar-refractivity contribution in [1.29, 1.82) is 0 Å². The monoisotopic (exact) mass is 396 g/mol. The molecule has 0 aromatic heterocycles. The Labute approximate surface area is 172 Å².